The summed E-state index contributed by atoms with van der Waals surface area (Å²) in [6, 6.07) is 17.1. The van der Waals surface area contributed by atoms with Crippen LogP contribution in [0.25, 0.3) is 22.3 Å². The molecule has 2 aromatic heterocycles. The van der Waals surface area contributed by atoms with Crippen molar-refractivity contribution in [3.63, 3.8) is 0 Å². The molecule has 1 unspecified atom stereocenters. The van der Waals surface area contributed by atoms with E-state index in [-0.39, 0.29) is 29.2 Å². The van der Waals surface area contributed by atoms with Gasteiger partial charge in [-0.05, 0) is 97.9 Å². The lowest BCUT2D eigenvalue weighted by Crippen LogP contribution is -2.38. The third-order valence-corrected chi connectivity index (χ3v) is 8.66. The van der Waals surface area contributed by atoms with E-state index in [1.54, 1.807) is 18.2 Å². The first kappa shape index (κ1) is 25.8. The Morgan fingerprint density at radius 1 is 1.05 bits per heavy atom. The maximum atomic E-state index is 13.4. The fraction of sp³-hybridized carbons (Fsp3) is 0.364. The predicted octanol–water partition coefficient (Wildman–Crippen LogP) is 4.45. The Bertz CT molecular complexity index is 1660. The van der Waals surface area contributed by atoms with E-state index in [0.717, 1.165) is 62.6 Å². The van der Waals surface area contributed by atoms with Crippen LogP contribution in [0.15, 0.2) is 59.4 Å². The summed E-state index contributed by atoms with van der Waals surface area (Å²) in [7, 11) is 0. The molecule has 210 valence electrons. The molecule has 0 spiro atoms. The van der Waals surface area contributed by atoms with Gasteiger partial charge in [-0.25, -0.2) is 4.98 Å². The summed E-state index contributed by atoms with van der Waals surface area (Å²) in [6.45, 7) is 2.34. The minimum atomic E-state index is -0.481. The molecule has 2 fully saturated rings. The quantitative estimate of drug-likeness (QED) is 0.270. The topological polar surface area (TPSA) is 116 Å². The lowest BCUT2D eigenvalue weighted by Gasteiger charge is -2.25. The number of aromatic hydroxyl groups is 1. The second-order valence-electron chi connectivity index (χ2n) is 11.7. The lowest BCUT2D eigenvalue weighted by atomic mass is 9.88. The molecule has 1 saturated carbocycles. The van der Waals surface area contributed by atoms with Crippen LogP contribution in [0.2, 0.25) is 0 Å². The highest BCUT2D eigenvalue weighted by Gasteiger charge is 2.27. The zero-order chi connectivity index (χ0) is 27.9. The van der Waals surface area contributed by atoms with Crippen LogP contribution in [0.1, 0.15) is 58.6 Å². The first-order valence-electron chi connectivity index (χ1n) is 14.6. The van der Waals surface area contributed by atoms with Crippen molar-refractivity contribution in [1.29, 1.82) is 0 Å². The average molecular weight is 551 g/mol. The van der Waals surface area contributed by atoms with Crippen molar-refractivity contribution < 1.29 is 14.6 Å². The number of nitrogens with zero attached hydrogens (tertiary/aromatic N) is 1. The van der Waals surface area contributed by atoms with Crippen LogP contribution in [0.4, 0.5) is 0 Å². The van der Waals surface area contributed by atoms with E-state index in [4.69, 9.17) is 9.72 Å². The number of hydrogen-bond acceptors (Lipinski definition) is 6. The lowest BCUT2D eigenvalue weighted by molar-refractivity contribution is 0.0937. The van der Waals surface area contributed by atoms with E-state index in [9.17, 15) is 14.7 Å². The van der Waals surface area contributed by atoms with Gasteiger partial charge in [-0.3, -0.25) is 9.59 Å². The number of benzene rings is 2. The number of fused-ring (bicyclic) bond motifs is 2. The zero-order valence-corrected chi connectivity index (χ0v) is 22.9. The molecule has 3 heterocycles. The highest BCUT2D eigenvalue weighted by Crippen LogP contribution is 2.41. The van der Waals surface area contributed by atoms with Gasteiger partial charge in [0.05, 0.1) is 17.9 Å². The predicted molar refractivity (Wildman–Crippen MR) is 158 cm³/mol. The second-order valence-corrected chi connectivity index (χ2v) is 11.7. The van der Waals surface area contributed by atoms with Gasteiger partial charge in [-0.2, -0.15) is 0 Å². The summed E-state index contributed by atoms with van der Waals surface area (Å²) in [5, 5.41) is 18.2. The molecule has 1 amide bonds. The fourth-order valence-electron chi connectivity index (χ4n) is 6.27. The van der Waals surface area contributed by atoms with Gasteiger partial charge in [0.25, 0.3) is 11.5 Å². The molecule has 3 aliphatic rings. The molecule has 7 rings (SSSR count). The minimum Gasteiger partial charge on any atom is -0.507 e. The smallest absolute Gasteiger partial charge is 0.262 e. The molecule has 8 nitrogen and oxygen atoms in total. The number of ether oxygens (including phenoxy) is 1. The molecule has 0 bridgehead atoms. The number of aromatic nitrogens is 2. The molecule has 1 aliphatic heterocycles. The SMILES string of the molecule is O=C(NC1Cc2ccccc2C1)c1cc2c(C3CCCNC3)cc(-c3c(O)cccc3OCC3CC3)nc2[nH]c1=O. The van der Waals surface area contributed by atoms with Crippen molar-refractivity contribution in [2.75, 3.05) is 19.7 Å². The highest BCUT2D eigenvalue weighted by molar-refractivity contribution is 5.98. The number of rotatable bonds is 7. The number of carbonyl (C=O) groups is 1. The summed E-state index contributed by atoms with van der Waals surface area (Å²) in [4.78, 5) is 34.4. The van der Waals surface area contributed by atoms with Gasteiger partial charge in [-0.1, -0.05) is 30.3 Å². The standard InChI is InChI=1S/C33H34N4O4/c38-28-8-3-9-29(41-18-19-10-11-19)30(28)27-16-24(22-7-4-12-34-17-22)25-15-26(33(40)37-31(25)36-27)32(39)35-23-13-20-5-1-2-6-21(20)14-23/h1-3,5-6,8-9,15-16,19,22-23,34,38H,4,7,10-14,17-18H2,(H,35,39)(H,36,37,40). The van der Waals surface area contributed by atoms with Crippen LogP contribution in [0.3, 0.4) is 0 Å². The summed E-state index contributed by atoms with van der Waals surface area (Å²) in [5.41, 5.74) is 4.52. The third-order valence-electron chi connectivity index (χ3n) is 8.66. The first-order chi connectivity index (χ1) is 20.0. The van der Waals surface area contributed by atoms with Crippen molar-refractivity contribution in [2.45, 2.75) is 50.5 Å². The average Bonchev–Trinajstić information content (AvgIpc) is 3.72. The van der Waals surface area contributed by atoms with Crippen molar-refractivity contribution in [1.82, 2.24) is 20.6 Å². The number of phenolic OH excluding ortho intramolecular Hbond substituents is 1. The number of aromatic amines is 1. The molecule has 0 radical (unpaired) electrons. The van der Waals surface area contributed by atoms with E-state index < -0.39 is 5.56 Å². The van der Waals surface area contributed by atoms with Crippen LogP contribution in [0, 0.1) is 5.92 Å². The Morgan fingerprint density at radius 2 is 1.85 bits per heavy atom. The zero-order valence-electron chi connectivity index (χ0n) is 22.9. The molecule has 2 aliphatic carbocycles. The van der Waals surface area contributed by atoms with Gasteiger partial charge in [0, 0.05) is 18.0 Å². The number of pyridine rings is 2. The van der Waals surface area contributed by atoms with Gasteiger partial charge in [-0.15, -0.1) is 0 Å². The fourth-order valence-corrected chi connectivity index (χ4v) is 6.27. The molecule has 4 aromatic rings. The molecule has 41 heavy (non-hydrogen) atoms. The summed E-state index contributed by atoms with van der Waals surface area (Å²) in [6.07, 6.45) is 5.82. The van der Waals surface area contributed by atoms with Crippen LogP contribution in [0.5, 0.6) is 11.5 Å². The van der Waals surface area contributed by atoms with Crippen LogP contribution >= 0.6 is 0 Å². The van der Waals surface area contributed by atoms with Gasteiger partial charge >= 0.3 is 0 Å². The van der Waals surface area contributed by atoms with Gasteiger partial charge in [0.1, 0.15) is 22.7 Å². The summed E-state index contributed by atoms with van der Waals surface area (Å²) >= 11 is 0. The molecular formula is C33H34N4O4. The summed E-state index contributed by atoms with van der Waals surface area (Å²) < 4.78 is 6.12. The maximum Gasteiger partial charge on any atom is 0.262 e. The number of phenols is 1. The van der Waals surface area contributed by atoms with Crippen molar-refractivity contribution >= 4 is 16.9 Å². The van der Waals surface area contributed by atoms with E-state index in [1.165, 1.54) is 11.1 Å². The van der Waals surface area contributed by atoms with E-state index in [0.29, 0.717) is 35.2 Å². The Morgan fingerprint density at radius 3 is 2.59 bits per heavy atom. The van der Waals surface area contributed by atoms with E-state index in [1.807, 2.05) is 24.3 Å². The number of carbonyl (C=O) groups excluding carboxylic acids is 1. The van der Waals surface area contributed by atoms with Gasteiger partial charge < -0.3 is 25.5 Å². The second kappa shape index (κ2) is 10.7. The number of piperidine rings is 1. The molecule has 1 saturated heterocycles. The number of amides is 1. The largest absolute Gasteiger partial charge is 0.507 e. The summed E-state index contributed by atoms with van der Waals surface area (Å²) in [5.74, 6) is 0.999. The number of nitrogens with one attached hydrogen (secondary N) is 3. The Hall–Kier alpha value is -4.17. The van der Waals surface area contributed by atoms with Crippen LogP contribution in [-0.4, -0.2) is 46.7 Å². The molecule has 4 N–H and O–H groups in total. The van der Waals surface area contributed by atoms with Crippen molar-refractivity contribution in [3.05, 3.63) is 87.2 Å². The van der Waals surface area contributed by atoms with E-state index in [2.05, 4.69) is 27.8 Å². The monoisotopic (exact) mass is 550 g/mol. The van der Waals surface area contributed by atoms with Crippen molar-refractivity contribution in [3.8, 4) is 22.8 Å². The molecule has 1 atom stereocenters. The maximum absolute atomic E-state index is 13.4. The van der Waals surface area contributed by atoms with Gasteiger partial charge in [0.2, 0.25) is 0 Å². The van der Waals surface area contributed by atoms with E-state index >= 15 is 0 Å². The first-order valence-corrected chi connectivity index (χ1v) is 14.6. The molecular weight excluding hydrogens is 516 g/mol. The number of H-pyrrole nitrogens is 1. The minimum absolute atomic E-state index is 0.0485. The Kier molecular flexibility index (Phi) is 6.71. The Balaban J connectivity index is 1.27. The van der Waals surface area contributed by atoms with Crippen molar-refractivity contribution in [2.24, 2.45) is 5.92 Å². The van der Waals surface area contributed by atoms with Crippen LogP contribution < -0.4 is 20.9 Å². The Labute approximate surface area is 238 Å². The molecule has 2 aromatic carbocycles. The van der Waals surface area contributed by atoms with Crippen LogP contribution in [-0.2, 0) is 12.8 Å². The van der Waals surface area contributed by atoms with Gasteiger partial charge in [0.15, 0.2) is 0 Å². The number of hydrogen-bond donors (Lipinski definition) is 4. The third kappa shape index (κ3) is 5.20. The normalized spacial score (nSPS) is 18.8. The highest BCUT2D eigenvalue weighted by atomic mass is 16.5. The molecule has 8 heteroatoms.